The van der Waals surface area contributed by atoms with E-state index in [9.17, 15) is 4.79 Å². The average Bonchev–Trinajstić information content (AvgIpc) is 2.74. The molecule has 0 heterocycles. The Kier molecular flexibility index (Phi) is 3.24. The van der Waals surface area contributed by atoms with Crippen LogP contribution in [0.15, 0.2) is 42.5 Å². The van der Waals surface area contributed by atoms with E-state index < -0.39 is 0 Å². The maximum atomic E-state index is 12.2. The highest BCUT2D eigenvalue weighted by molar-refractivity contribution is 6.03. The van der Waals surface area contributed by atoms with Gasteiger partial charge in [0.25, 0.3) is 0 Å². The molecule has 0 aliphatic heterocycles. The number of hydrogen-bond acceptors (Lipinski definition) is 1. The molecule has 0 aromatic heterocycles. The fourth-order valence-electron chi connectivity index (χ4n) is 3.13. The molecule has 1 atom stereocenters. The molecule has 0 N–H and O–H groups in total. The number of hydrogen-bond donors (Lipinski definition) is 0. The van der Waals surface area contributed by atoms with E-state index in [0.29, 0.717) is 5.78 Å². The molecule has 3 rings (SSSR count). The van der Waals surface area contributed by atoms with Gasteiger partial charge in [-0.05, 0) is 34.1 Å². The molecule has 0 spiro atoms. The Balaban J connectivity index is 2.14. The van der Waals surface area contributed by atoms with Crippen LogP contribution < -0.4 is 0 Å². The molecule has 1 heteroatoms. The summed E-state index contributed by atoms with van der Waals surface area (Å²) >= 11 is 0. The summed E-state index contributed by atoms with van der Waals surface area (Å²) in [6.45, 7) is 8.71. The molecular weight excluding hydrogens is 256 g/mol. The Hall–Kier alpha value is -1.89. The Morgan fingerprint density at radius 2 is 1.67 bits per heavy atom. The van der Waals surface area contributed by atoms with E-state index in [0.717, 1.165) is 12.0 Å². The highest BCUT2D eigenvalue weighted by Gasteiger charge is 2.29. The van der Waals surface area contributed by atoms with Crippen LogP contribution in [-0.4, -0.2) is 5.78 Å². The summed E-state index contributed by atoms with van der Waals surface area (Å²) in [5.74, 6) is 0.408. The van der Waals surface area contributed by atoms with Crippen LogP contribution in [0.5, 0.6) is 0 Å². The number of rotatable bonds is 1. The van der Waals surface area contributed by atoms with Gasteiger partial charge < -0.3 is 0 Å². The summed E-state index contributed by atoms with van der Waals surface area (Å²) in [5, 5.41) is 0. The number of fused-ring (bicyclic) bond motifs is 1. The van der Waals surface area contributed by atoms with Gasteiger partial charge in [-0.15, -0.1) is 0 Å². The van der Waals surface area contributed by atoms with Gasteiger partial charge in [0, 0.05) is 11.5 Å². The van der Waals surface area contributed by atoms with Crippen molar-refractivity contribution in [2.75, 3.05) is 0 Å². The Morgan fingerprint density at radius 1 is 1.00 bits per heavy atom. The molecular formula is C20H22O. The molecule has 0 saturated carbocycles. The molecule has 0 fully saturated rings. The molecule has 1 aliphatic rings. The van der Waals surface area contributed by atoms with Crippen molar-refractivity contribution in [3.63, 3.8) is 0 Å². The van der Waals surface area contributed by atoms with Crippen LogP contribution in [0, 0.1) is 5.92 Å². The molecule has 1 nitrogen and oxygen atoms in total. The minimum atomic E-state index is 0.118. The number of benzene rings is 2. The van der Waals surface area contributed by atoms with Gasteiger partial charge in [-0.1, -0.05) is 70.2 Å². The minimum absolute atomic E-state index is 0.118. The fraction of sp³-hybridized carbons (Fsp3) is 0.350. The van der Waals surface area contributed by atoms with Crippen LogP contribution >= 0.6 is 0 Å². The SMILES string of the molecule is CC1Cc2c(cccc2-c2cccc(C(C)(C)C)c2)C1=O. The third kappa shape index (κ3) is 2.42. The first-order chi connectivity index (χ1) is 9.88. The van der Waals surface area contributed by atoms with Gasteiger partial charge >= 0.3 is 0 Å². The van der Waals surface area contributed by atoms with Crippen LogP contribution in [0.2, 0.25) is 0 Å². The lowest BCUT2D eigenvalue weighted by Crippen LogP contribution is -2.10. The Labute approximate surface area is 127 Å². The standard InChI is InChI=1S/C20H22O/c1-13-11-18-16(9-6-10-17(18)19(13)21)14-7-5-8-15(12-14)20(2,3)4/h5-10,12-13H,11H2,1-4H3. The van der Waals surface area contributed by atoms with Crippen LogP contribution in [0.3, 0.4) is 0 Å². The van der Waals surface area contributed by atoms with Crippen molar-refractivity contribution in [2.45, 2.75) is 39.5 Å². The molecule has 0 amide bonds. The minimum Gasteiger partial charge on any atom is -0.294 e. The van der Waals surface area contributed by atoms with Crippen molar-refractivity contribution < 1.29 is 4.79 Å². The number of ketones is 1. The van der Waals surface area contributed by atoms with Crippen LogP contribution in [0.25, 0.3) is 11.1 Å². The summed E-state index contributed by atoms with van der Waals surface area (Å²) in [7, 11) is 0. The summed E-state index contributed by atoms with van der Waals surface area (Å²) in [5.41, 5.74) is 6.05. The summed E-state index contributed by atoms with van der Waals surface area (Å²) in [6, 6.07) is 14.8. The van der Waals surface area contributed by atoms with Gasteiger partial charge in [0.15, 0.2) is 5.78 Å². The molecule has 21 heavy (non-hydrogen) atoms. The summed E-state index contributed by atoms with van der Waals surface area (Å²) in [4.78, 5) is 12.2. The van der Waals surface area contributed by atoms with Crippen molar-refractivity contribution in [3.05, 3.63) is 59.2 Å². The van der Waals surface area contributed by atoms with E-state index in [4.69, 9.17) is 0 Å². The second-order valence-corrected chi connectivity index (χ2v) is 7.13. The van der Waals surface area contributed by atoms with Crippen molar-refractivity contribution in [3.8, 4) is 11.1 Å². The van der Waals surface area contributed by atoms with E-state index in [-0.39, 0.29) is 11.3 Å². The Morgan fingerprint density at radius 3 is 2.38 bits per heavy atom. The molecule has 2 aromatic carbocycles. The van der Waals surface area contributed by atoms with Gasteiger partial charge in [-0.3, -0.25) is 4.79 Å². The first-order valence-electron chi connectivity index (χ1n) is 7.65. The molecule has 0 radical (unpaired) electrons. The zero-order chi connectivity index (χ0) is 15.2. The molecule has 1 unspecified atom stereocenters. The van der Waals surface area contributed by atoms with Crippen molar-refractivity contribution in [1.82, 2.24) is 0 Å². The third-order valence-corrected chi connectivity index (χ3v) is 4.44. The maximum Gasteiger partial charge on any atom is 0.166 e. The lowest BCUT2D eigenvalue weighted by Gasteiger charge is -2.20. The monoisotopic (exact) mass is 278 g/mol. The van der Waals surface area contributed by atoms with Gasteiger partial charge in [0.05, 0.1) is 0 Å². The lowest BCUT2D eigenvalue weighted by atomic mass is 9.85. The summed E-state index contributed by atoms with van der Waals surface area (Å²) < 4.78 is 0. The highest BCUT2D eigenvalue weighted by Crippen LogP contribution is 2.36. The van der Waals surface area contributed by atoms with Crippen molar-refractivity contribution in [1.29, 1.82) is 0 Å². The van der Waals surface area contributed by atoms with E-state index in [1.54, 1.807) is 0 Å². The van der Waals surface area contributed by atoms with Gasteiger partial charge in [0.2, 0.25) is 0 Å². The first-order valence-corrected chi connectivity index (χ1v) is 7.65. The van der Waals surface area contributed by atoms with E-state index in [1.165, 1.54) is 22.3 Å². The van der Waals surface area contributed by atoms with Gasteiger partial charge in [-0.25, -0.2) is 0 Å². The predicted octanol–water partition coefficient (Wildman–Crippen LogP) is 5.03. The second-order valence-electron chi connectivity index (χ2n) is 7.13. The smallest absolute Gasteiger partial charge is 0.166 e. The largest absolute Gasteiger partial charge is 0.294 e. The zero-order valence-corrected chi connectivity index (χ0v) is 13.2. The van der Waals surface area contributed by atoms with Crippen LogP contribution in [0.4, 0.5) is 0 Å². The molecule has 0 bridgehead atoms. The Bertz CT molecular complexity index is 704. The molecule has 108 valence electrons. The van der Waals surface area contributed by atoms with Crippen LogP contribution in [-0.2, 0) is 11.8 Å². The topological polar surface area (TPSA) is 17.1 Å². The lowest BCUT2D eigenvalue weighted by molar-refractivity contribution is 0.0946. The van der Waals surface area contributed by atoms with Crippen molar-refractivity contribution >= 4 is 5.78 Å². The van der Waals surface area contributed by atoms with Crippen LogP contribution in [0.1, 0.15) is 49.2 Å². The molecule has 1 aliphatic carbocycles. The quantitative estimate of drug-likeness (QED) is 0.715. The molecule has 2 aromatic rings. The van der Waals surface area contributed by atoms with Gasteiger partial charge in [-0.2, -0.15) is 0 Å². The van der Waals surface area contributed by atoms with Crippen molar-refractivity contribution in [2.24, 2.45) is 5.92 Å². The number of carbonyl (C=O) groups excluding carboxylic acids is 1. The predicted molar refractivity (Wildman–Crippen MR) is 87.8 cm³/mol. The summed E-state index contributed by atoms with van der Waals surface area (Å²) in [6.07, 6.45) is 0.865. The van der Waals surface area contributed by atoms with Gasteiger partial charge in [0.1, 0.15) is 0 Å². The van der Waals surface area contributed by atoms with E-state index >= 15 is 0 Å². The van der Waals surface area contributed by atoms with E-state index in [2.05, 4.69) is 51.1 Å². The average molecular weight is 278 g/mol. The zero-order valence-electron chi connectivity index (χ0n) is 13.2. The third-order valence-electron chi connectivity index (χ3n) is 4.44. The molecule has 0 saturated heterocycles. The maximum absolute atomic E-state index is 12.2. The first kappa shape index (κ1) is 14.1. The second kappa shape index (κ2) is 4.84. The fourth-order valence-corrected chi connectivity index (χ4v) is 3.13. The number of Topliss-reactive ketones (excluding diaryl/α,β-unsaturated/α-hetero) is 1. The highest BCUT2D eigenvalue weighted by atomic mass is 16.1. The number of carbonyl (C=O) groups is 1. The normalized spacial score (nSPS) is 17.9. The van der Waals surface area contributed by atoms with E-state index in [1.807, 2.05) is 19.1 Å².